The Morgan fingerprint density at radius 2 is 1.49 bits per heavy atom. The summed E-state index contributed by atoms with van der Waals surface area (Å²) in [5.41, 5.74) is -1.68. The molecule has 9 heteroatoms. The zero-order chi connectivity index (χ0) is 29.0. The molecule has 0 aliphatic heterocycles. The largest absolute Gasteiger partial charge is 0.481 e. The third kappa shape index (κ3) is 3.57. The summed E-state index contributed by atoms with van der Waals surface area (Å²) in [5, 5.41) is 21.0. The molecule has 3 N–H and O–H groups in total. The Balaban J connectivity index is 1.54. The summed E-state index contributed by atoms with van der Waals surface area (Å²) < 4.78 is 37.6. The van der Waals surface area contributed by atoms with Gasteiger partial charge in [-0.2, -0.15) is 8.42 Å². The number of carbonyl (C=O) groups is 2. The monoisotopic (exact) mass is 566 g/mol. The van der Waals surface area contributed by atoms with Gasteiger partial charge >= 0.3 is 22.3 Å². The number of aliphatic carboxylic acids is 2. The molecule has 0 heterocycles. The molecule has 39 heavy (non-hydrogen) atoms. The second kappa shape index (κ2) is 8.78. The van der Waals surface area contributed by atoms with E-state index in [9.17, 15) is 32.8 Å². The number of hydrogen-bond acceptors (Lipinski definition) is 5. The maximum absolute atomic E-state index is 13.0. The Morgan fingerprint density at radius 3 is 2.05 bits per heavy atom. The third-order valence-electron chi connectivity index (χ3n) is 14.0. The fraction of sp³-hybridized carbons (Fsp3) is 0.867. The highest BCUT2D eigenvalue weighted by Crippen LogP contribution is 2.79. The predicted octanol–water partition coefficient (Wildman–Crippen LogP) is 5.98. The maximum atomic E-state index is 13.0. The van der Waals surface area contributed by atoms with E-state index >= 15 is 0 Å². The van der Waals surface area contributed by atoms with Crippen LogP contribution in [0.1, 0.15) is 98.8 Å². The van der Waals surface area contributed by atoms with Gasteiger partial charge < -0.3 is 10.2 Å². The normalized spacial score (nSPS) is 51.1. The molecule has 5 fully saturated rings. The Bertz CT molecular complexity index is 1200. The number of fused-ring (bicyclic) bond motifs is 7. The van der Waals surface area contributed by atoms with Crippen LogP contribution in [0.2, 0.25) is 0 Å². The molecule has 0 saturated heterocycles. The number of carboxylic acids is 2. The smallest absolute Gasteiger partial charge is 0.397 e. The first kappa shape index (κ1) is 29.1. The molecule has 0 aromatic carbocycles. The lowest BCUT2D eigenvalue weighted by molar-refractivity contribution is -0.244. The van der Waals surface area contributed by atoms with Crippen molar-refractivity contribution < 1.29 is 37.0 Å². The highest BCUT2D eigenvalue weighted by molar-refractivity contribution is 7.80. The zero-order valence-corrected chi connectivity index (χ0v) is 24.8. The van der Waals surface area contributed by atoms with Crippen LogP contribution in [0.3, 0.4) is 0 Å². The van der Waals surface area contributed by atoms with E-state index in [1.807, 2.05) is 0 Å². The van der Waals surface area contributed by atoms with Crippen molar-refractivity contribution in [2.24, 2.45) is 56.7 Å². The molecular weight excluding hydrogens is 520 g/mol. The van der Waals surface area contributed by atoms with Gasteiger partial charge in [-0.3, -0.25) is 14.1 Å². The summed E-state index contributed by atoms with van der Waals surface area (Å²) >= 11 is 0. The van der Waals surface area contributed by atoms with Gasteiger partial charge in [-0.1, -0.05) is 32.9 Å². The predicted molar refractivity (Wildman–Crippen MR) is 145 cm³/mol. The van der Waals surface area contributed by atoms with Gasteiger partial charge in [0.15, 0.2) is 0 Å². The topological polar surface area (TPSA) is 138 Å². The fourth-order valence-corrected chi connectivity index (χ4v) is 12.5. The van der Waals surface area contributed by atoms with Crippen LogP contribution >= 0.6 is 0 Å². The quantitative estimate of drug-likeness (QED) is 0.273. The summed E-state index contributed by atoms with van der Waals surface area (Å²) in [7, 11) is -4.79. The van der Waals surface area contributed by atoms with Crippen molar-refractivity contribution in [2.75, 3.05) is 0 Å². The van der Waals surface area contributed by atoms with E-state index in [-0.39, 0.29) is 52.3 Å². The number of hydrogen-bond donors (Lipinski definition) is 3. The highest BCUT2D eigenvalue weighted by Gasteiger charge is 2.75. The zero-order valence-electron chi connectivity index (χ0n) is 24.0. The van der Waals surface area contributed by atoms with E-state index < -0.39 is 39.3 Å². The molecule has 0 radical (unpaired) electrons. The molecule has 0 spiro atoms. The minimum atomic E-state index is -4.79. The van der Waals surface area contributed by atoms with Crippen molar-refractivity contribution in [3.63, 3.8) is 0 Å². The van der Waals surface area contributed by atoms with Gasteiger partial charge in [0.1, 0.15) is 0 Å². The van der Waals surface area contributed by atoms with Gasteiger partial charge in [0.25, 0.3) is 0 Å². The van der Waals surface area contributed by atoms with Crippen LogP contribution in [-0.2, 0) is 24.2 Å². The van der Waals surface area contributed by atoms with Crippen molar-refractivity contribution in [1.29, 1.82) is 0 Å². The Hall–Kier alpha value is -1.45. The second-order valence-electron chi connectivity index (χ2n) is 14.7. The maximum Gasteiger partial charge on any atom is 0.397 e. The van der Waals surface area contributed by atoms with Crippen LogP contribution in [0.15, 0.2) is 12.2 Å². The van der Waals surface area contributed by atoms with E-state index in [1.165, 1.54) is 0 Å². The first-order chi connectivity index (χ1) is 17.9. The first-order valence-electron chi connectivity index (χ1n) is 14.7. The number of carboxylic acid groups (broad SMARTS) is 2. The van der Waals surface area contributed by atoms with Crippen LogP contribution in [0, 0.1) is 56.7 Å². The fourth-order valence-electron chi connectivity index (χ4n) is 11.9. The van der Waals surface area contributed by atoms with Crippen LogP contribution in [0.4, 0.5) is 0 Å². The summed E-state index contributed by atoms with van der Waals surface area (Å²) in [6.07, 6.45) is 6.12. The SMILES string of the molecule is C=C(C)[C@@H]1CC[C@]2(C(=O)O)CC[C@]3(C)[C@H](CC[C@@H]4[C@H]5CC[C@H](OS(=O)(=O)O)[C@@](C)(C(=O)O)[C@@H]5CC[C@]43C)[C@]12C. The molecule has 5 aliphatic rings. The highest BCUT2D eigenvalue weighted by atomic mass is 32.3. The van der Waals surface area contributed by atoms with E-state index in [0.717, 1.165) is 37.7 Å². The lowest BCUT2D eigenvalue weighted by Crippen LogP contribution is -2.68. The lowest BCUT2D eigenvalue weighted by Gasteiger charge is -2.72. The van der Waals surface area contributed by atoms with Crippen LogP contribution in [0.5, 0.6) is 0 Å². The summed E-state index contributed by atoms with van der Waals surface area (Å²) in [5.74, 6) is -1.26. The minimum Gasteiger partial charge on any atom is -0.481 e. The van der Waals surface area contributed by atoms with Gasteiger partial charge in [0.05, 0.1) is 16.9 Å². The summed E-state index contributed by atoms with van der Waals surface area (Å²) in [6, 6.07) is 0. The molecule has 0 unspecified atom stereocenters. The Morgan fingerprint density at radius 1 is 0.821 bits per heavy atom. The van der Waals surface area contributed by atoms with E-state index in [4.69, 9.17) is 4.18 Å². The summed E-state index contributed by atoms with van der Waals surface area (Å²) in [6.45, 7) is 15.0. The van der Waals surface area contributed by atoms with Crippen LogP contribution < -0.4 is 0 Å². The molecule has 5 rings (SSSR count). The third-order valence-corrected chi connectivity index (χ3v) is 14.5. The molecule has 0 aromatic rings. The van der Waals surface area contributed by atoms with Crippen molar-refractivity contribution in [2.45, 2.75) is 105 Å². The molecule has 8 nitrogen and oxygen atoms in total. The molecule has 0 aromatic heterocycles. The van der Waals surface area contributed by atoms with Crippen molar-refractivity contribution in [3.8, 4) is 0 Å². The van der Waals surface area contributed by atoms with Crippen LogP contribution in [-0.4, -0.2) is 41.2 Å². The van der Waals surface area contributed by atoms with Gasteiger partial charge in [0, 0.05) is 0 Å². The number of allylic oxidation sites excluding steroid dienone is 1. The van der Waals surface area contributed by atoms with Gasteiger partial charge in [-0.25, -0.2) is 4.18 Å². The molecule has 220 valence electrons. The lowest BCUT2D eigenvalue weighted by atomic mass is 9.32. The standard InChI is InChI=1S/C30H46O8S/c1-17(2)19-12-14-30(25(33)34)16-15-27(4)22(29(19,30)6)9-8-20-18-7-10-23(38-39(35,36)37)28(5,24(31)32)21(18)11-13-26(20,27)3/h18-23H,1,7-16H2,2-6H3,(H,31,32)(H,33,34)(H,35,36,37)/t18-,19+,20-,21-,22+,23+,26-,27-,28+,29+,30-/m1/s1. The molecule has 0 amide bonds. The molecular formula is C30H46O8S. The Kier molecular flexibility index (Phi) is 6.54. The first-order valence-corrected chi connectivity index (χ1v) is 16.0. The Labute approximate surface area is 232 Å². The average molecular weight is 567 g/mol. The molecule has 0 bridgehead atoms. The van der Waals surface area contributed by atoms with Gasteiger partial charge in [-0.15, -0.1) is 0 Å². The summed E-state index contributed by atoms with van der Waals surface area (Å²) in [4.78, 5) is 25.7. The number of rotatable bonds is 5. The van der Waals surface area contributed by atoms with Crippen molar-refractivity contribution in [1.82, 2.24) is 0 Å². The average Bonchev–Trinajstić information content (AvgIpc) is 3.14. The second-order valence-corrected chi connectivity index (χ2v) is 15.7. The van der Waals surface area contributed by atoms with E-state index in [2.05, 4.69) is 34.3 Å². The molecule has 5 saturated carbocycles. The van der Waals surface area contributed by atoms with E-state index in [0.29, 0.717) is 25.7 Å². The minimum absolute atomic E-state index is 0.0941. The molecule has 11 atom stereocenters. The van der Waals surface area contributed by atoms with Crippen molar-refractivity contribution >= 4 is 22.3 Å². The van der Waals surface area contributed by atoms with Crippen LogP contribution in [0.25, 0.3) is 0 Å². The van der Waals surface area contributed by atoms with E-state index in [1.54, 1.807) is 6.92 Å². The van der Waals surface area contributed by atoms with Gasteiger partial charge in [-0.05, 0) is 124 Å². The van der Waals surface area contributed by atoms with Gasteiger partial charge in [0.2, 0.25) is 0 Å². The molecule has 5 aliphatic carbocycles. The van der Waals surface area contributed by atoms with Crippen molar-refractivity contribution in [3.05, 3.63) is 12.2 Å².